The zero-order valence-corrected chi connectivity index (χ0v) is 10.7. The Kier molecular flexibility index (Phi) is 4.37. The van der Waals surface area contributed by atoms with Crippen LogP contribution in [0.3, 0.4) is 0 Å². The van der Waals surface area contributed by atoms with E-state index >= 15 is 0 Å². The summed E-state index contributed by atoms with van der Waals surface area (Å²) in [5.41, 5.74) is 6.98. The third-order valence-electron chi connectivity index (χ3n) is 3.61. The lowest BCUT2D eigenvalue weighted by atomic mass is 9.96. The largest absolute Gasteiger partial charge is 0.384 e. The van der Waals surface area contributed by atoms with Gasteiger partial charge in [-0.25, -0.2) is 4.98 Å². The van der Waals surface area contributed by atoms with E-state index in [0.29, 0.717) is 11.9 Å². The van der Waals surface area contributed by atoms with E-state index in [2.05, 4.69) is 22.9 Å². The van der Waals surface area contributed by atoms with Crippen molar-refractivity contribution in [3.8, 4) is 0 Å². The van der Waals surface area contributed by atoms with Crippen LogP contribution in [0.1, 0.15) is 50.6 Å². The Morgan fingerprint density at radius 2 is 2.29 bits per heavy atom. The maximum atomic E-state index is 5.65. The molecule has 1 atom stereocenters. The zero-order valence-electron chi connectivity index (χ0n) is 10.7. The van der Waals surface area contributed by atoms with Gasteiger partial charge in [0.15, 0.2) is 0 Å². The van der Waals surface area contributed by atoms with E-state index in [0.717, 1.165) is 0 Å². The van der Waals surface area contributed by atoms with Crippen LogP contribution >= 0.6 is 0 Å². The lowest BCUT2D eigenvalue weighted by Gasteiger charge is -2.35. The first kappa shape index (κ1) is 12.4. The van der Waals surface area contributed by atoms with E-state index in [9.17, 15) is 0 Å². The summed E-state index contributed by atoms with van der Waals surface area (Å²) in [6.45, 7) is 4.70. The fraction of sp³-hybridized carbons (Fsp3) is 0.643. The number of rotatable bonds is 4. The second-order valence-corrected chi connectivity index (χ2v) is 4.92. The van der Waals surface area contributed by atoms with Gasteiger partial charge in [0.25, 0.3) is 0 Å². The maximum absolute atomic E-state index is 5.65. The van der Waals surface area contributed by atoms with Gasteiger partial charge in [-0.3, -0.25) is 4.90 Å². The summed E-state index contributed by atoms with van der Waals surface area (Å²) < 4.78 is 0. The van der Waals surface area contributed by atoms with Gasteiger partial charge in [-0.15, -0.1) is 0 Å². The van der Waals surface area contributed by atoms with Gasteiger partial charge in [-0.1, -0.05) is 25.8 Å². The minimum absolute atomic E-state index is 0.559. The van der Waals surface area contributed by atoms with Crippen LogP contribution in [0.15, 0.2) is 18.3 Å². The van der Waals surface area contributed by atoms with Crippen LogP contribution in [0.5, 0.6) is 0 Å². The van der Waals surface area contributed by atoms with Crippen molar-refractivity contribution in [1.82, 2.24) is 9.88 Å². The number of piperidine rings is 1. The normalized spacial score (nSPS) is 21.6. The number of hydrogen-bond donors (Lipinski definition) is 1. The number of nitrogens with zero attached hydrogens (tertiary/aromatic N) is 2. The van der Waals surface area contributed by atoms with Crippen LogP contribution in [0, 0.1) is 0 Å². The maximum Gasteiger partial charge on any atom is 0.123 e. The molecule has 0 spiro atoms. The van der Waals surface area contributed by atoms with Gasteiger partial charge >= 0.3 is 0 Å². The summed E-state index contributed by atoms with van der Waals surface area (Å²) in [6.07, 6.45) is 8.43. The summed E-state index contributed by atoms with van der Waals surface area (Å²) in [5.74, 6) is 0.615. The van der Waals surface area contributed by atoms with Crippen molar-refractivity contribution in [2.24, 2.45) is 0 Å². The predicted octanol–water partition coefficient (Wildman–Crippen LogP) is 2.99. The average Bonchev–Trinajstić information content (AvgIpc) is 2.38. The molecule has 2 N–H and O–H groups in total. The molecular weight excluding hydrogens is 210 g/mol. The van der Waals surface area contributed by atoms with Crippen molar-refractivity contribution in [2.75, 3.05) is 18.8 Å². The van der Waals surface area contributed by atoms with Crippen molar-refractivity contribution >= 4 is 5.82 Å². The van der Waals surface area contributed by atoms with Gasteiger partial charge in [0.1, 0.15) is 5.82 Å². The molecule has 2 rings (SSSR count). The Labute approximate surface area is 104 Å². The molecule has 3 nitrogen and oxygen atoms in total. The molecule has 3 heteroatoms. The molecule has 0 amide bonds. The molecule has 0 aromatic carbocycles. The molecular formula is C14H23N3. The summed E-state index contributed by atoms with van der Waals surface area (Å²) in [5, 5.41) is 0. The van der Waals surface area contributed by atoms with Gasteiger partial charge in [0.2, 0.25) is 0 Å². The molecule has 0 aliphatic carbocycles. The van der Waals surface area contributed by atoms with Crippen LogP contribution in [0.2, 0.25) is 0 Å². The van der Waals surface area contributed by atoms with Gasteiger partial charge < -0.3 is 5.73 Å². The molecule has 1 fully saturated rings. The van der Waals surface area contributed by atoms with Crippen LogP contribution in [0.25, 0.3) is 0 Å². The zero-order chi connectivity index (χ0) is 12.1. The smallest absolute Gasteiger partial charge is 0.123 e. The standard InChI is InChI=1S/C14H23N3/c1-2-3-9-17-10-5-4-6-13(17)12-7-8-14(15)16-11-12/h7-8,11,13H,2-6,9-10H2,1H3,(H2,15,16)/t13-/m0/s1. The van der Waals surface area contributed by atoms with Crippen molar-refractivity contribution in [2.45, 2.75) is 45.1 Å². The van der Waals surface area contributed by atoms with Crippen LogP contribution < -0.4 is 5.73 Å². The number of unbranched alkanes of at least 4 members (excludes halogenated alkanes) is 1. The number of nitrogen functional groups attached to an aromatic ring is 1. The first-order valence-corrected chi connectivity index (χ1v) is 6.76. The molecule has 0 unspecified atom stereocenters. The minimum atomic E-state index is 0.559. The average molecular weight is 233 g/mol. The first-order valence-electron chi connectivity index (χ1n) is 6.76. The van der Waals surface area contributed by atoms with Gasteiger partial charge in [0.05, 0.1) is 0 Å². The highest BCUT2D eigenvalue weighted by atomic mass is 15.2. The van der Waals surface area contributed by atoms with E-state index in [1.807, 2.05) is 12.3 Å². The fourth-order valence-corrected chi connectivity index (χ4v) is 2.61. The molecule has 2 heterocycles. The third-order valence-corrected chi connectivity index (χ3v) is 3.61. The Morgan fingerprint density at radius 1 is 1.41 bits per heavy atom. The van der Waals surface area contributed by atoms with Crippen LogP contribution in [-0.2, 0) is 0 Å². The Morgan fingerprint density at radius 3 is 3.00 bits per heavy atom. The molecule has 0 radical (unpaired) electrons. The van der Waals surface area contributed by atoms with Gasteiger partial charge in [0, 0.05) is 12.2 Å². The summed E-state index contributed by atoms with van der Waals surface area (Å²) in [7, 11) is 0. The number of likely N-dealkylation sites (tertiary alicyclic amines) is 1. The minimum Gasteiger partial charge on any atom is -0.384 e. The highest BCUT2D eigenvalue weighted by molar-refractivity contribution is 5.30. The predicted molar refractivity (Wildman–Crippen MR) is 71.7 cm³/mol. The van der Waals surface area contributed by atoms with E-state index in [4.69, 9.17) is 5.73 Å². The van der Waals surface area contributed by atoms with E-state index in [1.54, 1.807) is 0 Å². The molecule has 0 saturated carbocycles. The molecule has 1 saturated heterocycles. The highest BCUT2D eigenvalue weighted by Gasteiger charge is 2.23. The Balaban J connectivity index is 2.07. The molecule has 0 bridgehead atoms. The summed E-state index contributed by atoms with van der Waals surface area (Å²) in [6, 6.07) is 4.61. The summed E-state index contributed by atoms with van der Waals surface area (Å²) in [4.78, 5) is 6.83. The molecule has 1 aromatic rings. The molecule has 1 aromatic heterocycles. The second-order valence-electron chi connectivity index (χ2n) is 4.92. The SMILES string of the molecule is CCCCN1CCCC[C@H]1c1ccc(N)nc1. The summed E-state index contributed by atoms with van der Waals surface area (Å²) >= 11 is 0. The molecule has 94 valence electrons. The number of hydrogen-bond acceptors (Lipinski definition) is 3. The van der Waals surface area contributed by atoms with E-state index in [1.165, 1.54) is 50.8 Å². The topological polar surface area (TPSA) is 42.1 Å². The lowest BCUT2D eigenvalue weighted by Crippen LogP contribution is -2.34. The Hall–Kier alpha value is -1.09. The number of anilines is 1. The molecule has 1 aliphatic heterocycles. The molecule has 17 heavy (non-hydrogen) atoms. The van der Waals surface area contributed by atoms with Gasteiger partial charge in [-0.2, -0.15) is 0 Å². The number of pyridine rings is 1. The highest BCUT2D eigenvalue weighted by Crippen LogP contribution is 2.30. The first-order chi connectivity index (χ1) is 8.31. The van der Waals surface area contributed by atoms with E-state index < -0.39 is 0 Å². The van der Waals surface area contributed by atoms with Crippen molar-refractivity contribution in [1.29, 1.82) is 0 Å². The van der Waals surface area contributed by atoms with Crippen molar-refractivity contribution < 1.29 is 0 Å². The van der Waals surface area contributed by atoms with Crippen molar-refractivity contribution in [3.63, 3.8) is 0 Å². The number of nitrogens with two attached hydrogens (primary N) is 1. The Bertz CT molecular complexity index is 334. The lowest BCUT2D eigenvalue weighted by molar-refractivity contribution is 0.146. The van der Waals surface area contributed by atoms with Crippen molar-refractivity contribution in [3.05, 3.63) is 23.9 Å². The fourth-order valence-electron chi connectivity index (χ4n) is 2.61. The number of aromatic nitrogens is 1. The monoisotopic (exact) mass is 233 g/mol. The van der Waals surface area contributed by atoms with E-state index in [-0.39, 0.29) is 0 Å². The second kappa shape index (κ2) is 6.01. The van der Waals surface area contributed by atoms with Gasteiger partial charge in [-0.05, 0) is 44.0 Å². The van der Waals surface area contributed by atoms with Crippen LogP contribution in [-0.4, -0.2) is 23.0 Å². The van der Waals surface area contributed by atoms with Crippen LogP contribution in [0.4, 0.5) is 5.82 Å². The molecule has 1 aliphatic rings. The quantitative estimate of drug-likeness (QED) is 0.869. The third kappa shape index (κ3) is 3.19.